The third-order valence-corrected chi connectivity index (χ3v) is 3.26. The number of benzene rings is 1. The Labute approximate surface area is 96.6 Å². The molecule has 0 aliphatic heterocycles. The van der Waals surface area contributed by atoms with Crippen molar-refractivity contribution in [1.29, 1.82) is 5.53 Å². The molecule has 0 aromatic heterocycles. The second-order valence-corrected chi connectivity index (χ2v) is 4.74. The minimum atomic E-state index is -4.38. The molecule has 0 spiro atoms. The SMILES string of the molecule is N=[N+]=C1C=Cc2c(cccc2S(=O)(=O)O)C1=O. The molecular formula is C10H7N2O4S+. The third-order valence-electron chi connectivity index (χ3n) is 2.35. The number of rotatable bonds is 1. The number of nitrogens with zero attached hydrogens (tertiary/aromatic N) is 1. The minimum Gasteiger partial charge on any atom is -0.282 e. The van der Waals surface area contributed by atoms with Gasteiger partial charge in [0.2, 0.25) is 0 Å². The highest BCUT2D eigenvalue weighted by molar-refractivity contribution is 7.86. The van der Waals surface area contributed by atoms with Gasteiger partial charge in [0, 0.05) is 17.2 Å². The summed E-state index contributed by atoms with van der Waals surface area (Å²) in [6, 6.07) is 3.97. The van der Waals surface area contributed by atoms with E-state index < -0.39 is 15.9 Å². The predicted octanol–water partition coefficient (Wildman–Crippen LogP) is 0.823. The molecule has 2 rings (SSSR count). The molecule has 0 radical (unpaired) electrons. The van der Waals surface area contributed by atoms with Gasteiger partial charge in [0.05, 0.1) is 10.3 Å². The molecular weight excluding hydrogens is 244 g/mol. The maximum absolute atomic E-state index is 11.7. The molecule has 0 heterocycles. The van der Waals surface area contributed by atoms with E-state index in [1.165, 1.54) is 30.4 Å². The number of ketones is 1. The van der Waals surface area contributed by atoms with Crippen LogP contribution in [0.5, 0.6) is 0 Å². The van der Waals surface area contributed by atoms with Crippen LogP contribution >= 0.6 is 0 Å². The lowest BCUT2D eigenvalue weighted by Gasteiger charge is -2.09. The summed E-state index contributed by atoms with van der Waals surface area (Å²) in [5.41, 5.74) is 6.94. The van der Waals surface area contributed by atoms with Gasteiger partial charge in [-0.3, -0.25) is 9.35 Å². The van der Waals surface area contributed by atoms with E-state index in [1.54, 1.807) is 0 Å². The molecule has 86 valence electrons. The molecule has 0 atom stereocenters. The maximum atomic E-state index is 11.7. The number of nitrogens with one attached hydrogen (secondary N) is 1. The van der Waals surface area contributed by atoms with Gasteiger partial charge in [-0.05, 0) is 12.1 Å². The van der Waals surface area contributed by atoms with E-state index in [9.17, 15) is 13.2 Å². The molecule has 0 unspecified atom stereocenters. The fourth-order valence-electron chi connectivity index (χ4n) is 1.60. The van der Waals surface area contributed by atoms with Crippen LogP contribution in [0.4, 0.5) is 0 Å². The average molecular weight is 251 g/mol. The van der Waals surface area contributed by atoms with E-state index in [1.807, 2.05) is 0 Å². The van der Waals surface area contributed by atoms with Crippen molar-refractivity contribution >= 4 is 27.7 Å². The molecule has 17 heavy (non-hydrogen) atoms. The van der Waals surface area contributed by atoms with Crippen molar-refractivity contribution in [3.05, 3.63) is 35.4 Å². The Morgan fingerprint density at radius 2 is 1.94 bits per heavy atom. The quantitative estimate of drug-likeness (QED) is 0.437. The van der Waals surface area contributed by atoms with Crippen molar-refractivity contribution in [3.63, 3.8) is 0 Å². The van der Waals surface area contributed by atoms with Crippen LogP contribution < -0.4 is 0 Å². The number of fused-ring (bicyclic) bond motifs is 1. The van der Waals surface area contributed by atoms with Gasteiger partial charge >= 0.3 is 5.71 Å². The summed E-state index contributed by atoms with van der Waals surface area (Å²) >= 11 is 0. The number of Topliss-reactive ketones (excluding diaryl/α,β-unsaturated/α-hetero) is 1. The highest BCUT2D eigenvalue weighted by Crippen LogP contribution is 2.24. The van der Waals surface area contributed by atoms with Crippen LogP contribution in [0.1, 0.15) is 15.9 Å². The Kier molecular flexibility index (Phi) is 2.51. The molecule has 0 saturated heterocycles. The summed E-state index contributed by atoms with van der Waals surface area (Å²) in [7, 11) is -4.38. The lowest BCUT2D eigenvalue weighted by atomic mass is 9.95. The fraction of sp³-hybridized carbons (Fsp3) is 0. The molecule has 7 heteroatoms. The molecule has 2 N–H and O–H groups in total. The smallest absolute Gasteiger partial charge is 0.282 e. The lowest BCUT2D eigenvalue weighted by Crippen LogP contribution is -2.19. The first-order valence-corrected chi connectivity index (χ1v) is 5.97. The Balaban J connectivity index is 2.80. The van der Waals surface area contributed by atoms with E-state index in [0.29, 0.717) is 0 Å². The standard InChI is InChI=1S/C10H6N2O4S/c11-12-8-5-4-6-7(10(8)13)2-1-3-9(6)17(14,15)16/h1-5,11H/p+1. The first-order valence-electron chi connectivity index (χ1n) is 4.53. The number of hydrogen-bond acceptors (Lipinski definition) is 4. The highest BCUT2D eigenvalue weighted by atomic mass is 32.2. The van der Waals surface area contributed by atoms with Crippen molar-refractivity contribution in [2.45, 2.75) is 4.90 Å². The number of allylic oxidation sites excluding steroid dienone is 1. The van der Waals surface area contributed by atoms with Crippen LogP contribution in [-0.2, 0) is 10.1 Å². The summed E-state index contributed by atoms with van der Waals surface area (Å²) in [6.07, 6.45) is 2.58. The second kappa shape index (κ2) is 3.74. The van der Waals surface area contributed by atoms with Crippen molar-refractivity contribution in [2.24, 2.45) is 0 Å². The van der Waals surface area contributed by atoms with Crippen molar-refractivity contribution < 1.29 is 22.6 Å². The van der Waals surface area contributed by atoms with Gasteiger partial charge < -0.3 is 0 Å². The summed E-state index contributed by atoms with van der Waals surface area (Å²) in [5, 5.41) is 0. The topological polar surface area (TPSA) is 109 Å². The first kappa shape index (κ1) is 11.4. The zero-order valence-electron chi connectivity index (χ0n) is 8.41. The summed E-state index contributed by atoms with van der Waals surface area (Å²) in [6.45, 7) is 0. The van der Waals surface area contributed by atoms with Gasteiger partial charge in [0.15, 0.2) is 0 Å². The van der Waals surface area contributed by atoms with Crippen LogP contribution in [0.25, 0.3) is 6.08 Å². The largest absolute Gasteiger partial charge is 0.412 e. The zero-order chi connectivity index (χ0) is 12.6. The summed E-state index contributed by atoms with van der Waals surface area (Å²) < 4.78 is 31.2. The van der Waals surface area contributed by atoms with Crippen LogP contribution in [0.2, 0.25) is 0 Å². The van der Waals surface area contributed by atoms with Crippen LogP contribution in [0, 0.1) is 5.53 Å². The monoisotopic (exact) mass is 251 g/mol. The highest BCUT2D eigenvalue weighted by Gasteiger charge is 2.30. The summed E-state index contributed by atoms with van der Waals surface area (Å²) in [5.74, 6) is -0.539. The lowest BCUT2D eigenvalue weighted by molar-refractivity contribution is -0.117. The number of hydrogen-bond donors (Lipinski definition) is 2. The number of carbonyl (C=O) groups excluding carboxylic acids is 1. The van der Waals surface area contributed by atoms with Crippen LogP contribution in [0.15, 0.2) is 29.2 Å². The van der Waals surface area contributed by atoms with E-state index in [4.69, 9.17) is 10.1 Å². The van der Waals surface area contributed by atoms with Gasteiger partial charge in [-0.25, -0.2) is 0 Å². The Hall–Kier alpha value is -2.08. The molecule has 1 aliphatic rings. The molecule has 0 bridgehead atoms. The predicted molar refractivity (Wildman–Crippen MR) is 57.6 cm³/mol. The van der Waals surface area contributed by atoms with E-state index >= 15 is 0 Å². The van der Waals surface area contributed by atoms with Gasteiger partial charge in [0.1, 0.15) is 4.90 Å². The Bertz CT molecular complexity index is 697. The molecule has 1 aliphatic carbocycles. The molecule has 0 saturated carbocycles. The van der Waals surface area contributed by atoms with Crippen molar-refractivity contribution in [2.75, 3.05) is 0 Å². The van der Waals surface area contributed by atoms with Crippen molar-refractivity contribution in [3.8, 4) is 0 Å². The van der Waals surface area contributed by atoms with Crippen LogP contribution in [-0.4, -0.2) is 29.3 Å². The van der Waals surface area contributed by atoms with E-state index in [-0.39, 0.29) is 21.7 Å². The molecule has 1 aromatic rings. The first-order chi connectivity index (χ1) is 7.95. The molecule has 1 aromatic carbocycles. The van der Waals surface area contributed by atoms with Gasteiger partial charge in [0.25, 0.3) is 15.9 Å². The van der Waals surface area contributed by atoms with E-state index in [2.05, 4.69) is 4.79 Å². The third kappa shape index (κ3) is 1.83. The molecule has 0 amide bonds. The Morgan fingerprint density at radius 3 is 2.53 bits per heavy atom. The second-order valence-electron chi connectivity index (χ2n) is 3.35. The average Bonchev–Trinajstić information content (AvgIpc) is 2.28. The summed E-state index contributed by atoms with van der Waals surface area (Å²) in [4.78, 5) is 14.5. The van der Waals surface area contributed by atoms with E-state index in [0.717, 1.165) is 0 Å². The van der Waals surface area contributed by atoms with Gasteiger partial charge in [-0.1, -0.05) is 12.1 Å². The minimum absolute atomic E-state index is 0.0787. The zero-order valence-corrected chi connectivity index (χ0v) is 9.23. The molecule has 6 nitrogen and oxygen atoms in total. The molecule has 0 fully saturated rings. The van der Waals surface area contributed by atoms with Crippen LogP contribution in [0.3, 0.4) is 0 Å². The maximum Gasteiger partial charge on any atom is 0.412 e. The normalized spacial score (nSPS) is 14.4. The van der Waals surface area contributed by atoms with Gasteiger partial charge in [-0.15, -0.1) is 0 Å². The number of carbonyl (C=O) groups is 1. The fourth-order valence-corrected chi connectivity index (χ4v) is 2.31. The van der Waals surface area contributed by atoms with Crippen molar-refractivity contribution in [1.82, 2.24) is 0 Å². The Morgan fingerprint density at radius 1 is 1.24 bits per heavy atom. The van der Waals surface area contributed by atoms with Gasteiger partial charge in [-0.2, -0.15) is 8.42 Å².